The monoisotopic (exact) mass is 874 g/mol. The van der Waals surface area contributed by atoms with E-state index in [1.54, 1.807) is 6.26 Å². The van der Waals surface area contributed by atoms with E-state index in [0.717, 1.165) is 24.1 Å². The standard InChI is InChI=1S/C39H33ClF10N6S2/c1-18-27-29-33(39(48,49)50)52-55(34(29)38(46,47)30(18)27)16-20(12-19-13-21(41)15-22(42)14-19)31-24(7-6-23(51-31)10-11-36(2,3)57-4)25-8-9-26(40)28-32(25)56(17-37(43,44)45)53-35(28)54-58-5/h6-9,13-15,18,20,27,30H,12,16-17H2,1-5H3,(H,53,54). The van der Waals surface area contributed by atoms with Crippen LogP contribution in [-0.4, -0.2) is 48.0 Å². The molecule has 4 unspecified atom stereocenters. The number of anilines is 1. The number of benzene rings is 2. The summed E-state index contributed by atoms with van der Waals surface area (Å²) in [6.45, 7) is 2.88. The Kier molecular flexibility index (Phi) is 10.8. The Balaban J connectivity index is 1.51. The van der Waals surface area contributed by atoms with Gasteiger partial charge in [-0.15, -0.1) is 11.8 Å². The average Bonchev–Trinajstić information content (AvgIpc) is 3.35. The molecule has 3 aromatic heterocycles. The molecule has 1 N–H and O–H groups in total. The van der Waals surface area contributed by atoms with E-state index in [0.29, 0.717) is 15.4 Å². The lowest BCUT2D eigenvalue weighted by Crippen LogP contribution is -2.24. The molecule has 2 aliphatic carbocycles. The number of rotatable bonds is 10. The van der Waals surface area contributed by atoms with E-state index >= 15 is 8.78 Å². The molecule has 0 saturated heterocycles. The molecule has 7 rings (SSSR count). The second kappa shape index (κ2) is 14.9. The fraction of sp³-hybridized carbons (Fsp3) is 0.410. The SMILES string of the molecule is CSNc1nn(CC(F)(F)F)c2c(-c3ccc(C#CC(C)(C)SC)nc3C(Cc3cc(F)cc(F)c3)Cn3nc(C(F)(F)F)c4c3C(F)(F)C3C(C)C43)ccc(Cl)c12. The molecule has 0 amide bonds. The maximum atomic E-state index is 16.1. The van der Waals surface area contributed by atoms with E-state index in [-0.39, 0.29) is 56.2 Å². The van der Waals surface area contributed by atoms with Crippen molar-refractivity contribution in [3.63, 3.8) is 0 Å². The first-order chi connectivity index (χ1) is 27.0. The Morgan fingerprint density at radius 3 is 2.24 bits per heavy atom. The Labute approximate surface area is 339 Å². The summed E-state index contributed by atoms with van der Waals surface area (Å²) in [5, 5.41) is 8.04. The van der Waals surface area contributed by atoms with E-state index in [1.165, 1.54) is 43.0 Å². The van der Waals surface area contributed by atoms with Gasteiger partial charge in [0.2, 0.25) is 0 Å². The highest BCUT2D eigenvalue weighted by Gasteiger charge is 2.72. The number of nitrogens with zero attached hydrogens (tertiary/aromatic N) is 5. The van der Waals surface area contributed by atoms with Crippen molar-refractivity contribution in [3.8, 4) is 23.0 Å². The van der Waals surface area contributed by atoms with Crippen molar-refractivity contribution >= 4 is 52.0 Å². The lowest BCUT2D eigenvalue weighted by atomic mass is 9.89. The van der Waals surface area contributed by atoms with Gasteiger partial charge in [-0.05, 0) is 74.3 Å². The number of nitrogens with one attached hydrogen (secondary N) is 1. The van der Waals surface area contributed by atoms with Crippen molar-refractivity contribution < 1.29 is 43.9 Å². The molecule has 0 bridgehead atoms. The van der Waals surface area contributed by atoms with Crippen LogP contribution in [0.4, 0.5) is 49.7 Å². The van der Waals surface area contributed by atoms with Crippen molar-refractivity contribution in [2.75, 3.05) is 17.2 Å². The van der Waals surface area contributed by atoms with Crippen LogP contribution in [0.2, 0.25) is 5.02 Å². The molecule has 19 heteroatoms. The fourth-order valence-corrected chi connectivity index (χ4v) is 8.60. The zero-order valence-electron chi connectivity index (χ0n) is 31.2. The first kappa shape index (κ1) is 42.1. The van der Waals surface area contributed by atoms with Gasteiger partial charge in [-0.3, -0.25) is 9.36 Å². The summed E-state index contributed by atoms with van der Waals surface area (Å²) in [6.07, 6.45) is -6.79. The smallest absolute Gasteiger partial charge is 0.313 e. The maximum Gasteiger partial charge on any atom is 0.435 e. The first-order valence-electron chi connectivity index (χ1n) is 17.7. The zero-order valence-corrected chi connectivity index (χ0v) is 33.6. The van der Waals surface area contributed by atoms with Crippen molar-refractivity contribution in [1.82, 2.24) is 24.5 Å². The molecule has 1 saturated carbocycles. The summed E-state index contributed by atoms with van der Waals surface area (Å²) in [5.74, 6) is -4.10. The molecule has 6 nitrogen and oxygen atoms in total. The second-order valence-corrected chi connectivity index (χ2v) is 17.3. The number of fused-ring (bicyclic) bond motifs is 4. The van der Waals surface area contributed by atoms with Gasteiger partial charge in [-0.25, -0.2) is 13.8 Å². The molecule has 0 radical (unpaired) electrons. The molecule has 308 valence electrons. The van der Waals surface area contributed by atoms with Crippen molar-refractivity contribution in [2.24, 2.45) is 11.8 Å². The van der Waals surface area contributed by atoms with Crippen molar-refractivity contribution in [2.45, 2.75) is 75.1 Å². The maximum absolute atomic E-state index is 16.1. The van der Waals surface area contributed by atoms with Crippen LogP contribution in [0.15, 0.2) is 42.5 Å². The number of pyridine rings is 1. The van der Waals surface area contributed by atoms with Crippen LogP contribution in [-0.2, 0) is 31.6 Å². The largest absolute Gasteiger partial charge is 0.435 e. The van der Waals surface area contributed by atoms with Crippen LogP contribution in [0.3, 0.4) is 0 Å². The number of hydrogen-bond acceptors (Lipinski definition) is 6. The number of thioether (sulfide) groups is 1. The van der Waals surface area contributed by atoms with Crippen LogP contribution >= 0.6 is 35.3 Å². The minimum atomic E-state index is -5.10. The quantitative estimate of drug-likeness (QED) is 0.0857. The highest BCUT2D eigenvalue weighted by atomic mass is 35.5. The third-order valence-electron chi connectivity index (χ3n) is 10.5. The zero-order chi connectivity index (χ0) is 42.3. The molecule has 2 aromatic carbocycles. The molecular weight excluding hydrogens is 842 g/mol. The Morgan fingerprint density at radius 1 is 0.948 bits per heavy atom. The third kappa shape index (κ3) is 7.85. The topological polar surface area (TPSA) is 60.6 Å². The molecule has 4 atom stereocenters. The summed E-state index contributed by atoms with van der Waals surface area (Å²) < 4.78 is 151. The molecule has 0 aliphatic heterocycles. The van der Waals surface area contributed by atoms with Crippen molar-refractivity contribution in [1.29, 1.82) is 0 Å². The lowest BCUT2D eigenvalue weighted by molar-refractivity contribution is -0.142. The average molecular weight is 875 g/mol. The molecule has 1 fully saturated rings. The molecule has 5 aromatic rings. The van der Waals surface area contributed by atoms with Gasteiger partial charge in [0, 0.05) is 46.8 Å². The predicted octanol–water partition coefficient (Wildman–Crippen LogP) is 11.5. The second-order valence-electron chi connectivity index (χ2n) is 14.8. The summed E-state index contributed by atoms with van der Waals surface area (Å²) in [5.41, 5.74) is -2.76. The van der Waals surface area contributed by atoms with E-state index in [9.17, 15) is 35.1 Å². The summed E-state index contributed by atoms with van der Waals surface area (Å²) in [6, 6.07) is 8.41. The summed E-state index contributed by atoms with van der Waals surface area (Å²) in [7, 11) is 0. The van der Waals surface area contributed by atoms with Crippen LogP contribution in [0.25, 0.3) is 22.0 Å². The van der Waals surface area contributed by atoms with Crippen molar-refractivity contribution in [3.05, 3.63) is 93.0 Å². The number of alkyl halides is 8. The van der Waals surface area contributed by atoms with E-state index in [1.807, 2.05) is 20.1 Å². The Hall–Kier alpha value is -4.08. The van der Waals surface area contributed by atoms with E-state index in [2.05, 4.69) is 26.8 Å². The van der Waals surface area contributed by atoms with Gasteiger partial charge in [0.05, 0.1) is 32.9 Å². The summed E-state index contributed by atoms with van der Waals surface area (Å²) >= 11 is 9.06. The highest BCUT2D eigenvalue weighted by Crippen LogP contribution is 2.72. The number of aromatic nitrogens is 5. The number of halogens is 11. The van der Waals surface area contributed by atoms with Gasteiger partial charge < -0.3 is 4.72 Å². The Morgan fingerprint density at radius 2 is 1.62 bits per heavy atom. The normalized spacial score (nSPS) is 19.1. The Bertz CT molecular complexity index is 2460. The molecule has 2 aliphatic rings. The van der Waals surface area contributed by atoms with Crippen LogP contribution in [0, 0.1) is 35.3 Å². The molecular formula is C39H33ClF10N6S2. The number of hydrogen-bond donors (Lipinski definition) is 1. The fourth-order valence-electron chi connectivity index (χ4n) is 7.87. The van der Waals surface area contributed by atoms with E-state index < -0.39 is 88.4 Å². The third-order valence-corrected chi connectivity index (χ3v) is 12.3. The minimum absolute atomic E-state index is 0.00323. The van der Waals surface area contributed by atoms with Gasteiger partial charge >= 0.3 is 12.4 Å². The van der Waals surface area contributed by atoms with Gasteiger partial charge in [0.1, 0.15) is 29.6 Å². The van der Waals surface area contributed by atoms with Gasteiger partial charge in [-0.2, -0.15) is 45.3 Å². The van der Waals surface area contributed by atoms with Crippen LogP contribution in [0.5, 0.6) is 0 Å². The molecule has 58 heavy (non-hydrogen) atoms. The minimum Gasteiger partial charge on any atom is -0.313 e. The lowest BCUT2D eigenvalue weighted by Gasteiger charge is -2.24. The van der Waals surface area contributed by atoms with Gasteiger partial charge in [-0.1, -0.05) is 42.5 Å². The molecule has 3 heterocycles. The summed E-state index contributed by atoms with van der Waals surface area (Å²) in [4.78, 5) is 4.80. The van der Waals surface area contributed by atoms with Crippen LogP contribution in [0.1, 0.15) is 66.5 Å². The van der Waals surface area contributed by atoms with E-state index in [4.69, 9.17) is 16.6 Å². The highest BCUT2D eigenvalue weighted by molar-refractivity contribution is 8.00. The van der Waals surface area contributed by atoms with Gasteiger partial charge in [0.25, 0.3) is 5.92 Å². The van der Waals surface area contributed by atoms with Crippen LogP contribution < -0.4 is 4.72 Å². The molecule has 0 spiro atoms. The van der Waals surface area contributed by atoms with Gasteiger partial charge in [0.15, 0.2) is 11.5 Å². The first-order valence-corrected chi connectivity index (χ1v) is 20.5. The predicted molar refractivity (Wildman–Crippen MR) is 205 cm³/mol.